The maximum Gasteiger partial charge on any atom is 0.296 e. The molecule has 0 amide bonds. The average molecular weight is 1020 g/mol. The molecule has 0 radical (unpaired) electrons. The molecular weight excluding hydrogens is 932 g/mol. The van der Waals surface area contributed by atoms with Crippen molar-refractivity contribution in [2.45, 2.75) is 195 Å². The van der Waals surface area contributed by atoms with Gasteiger partial charge in [-0.1, -0.05) is 171 Å². The Morgan fingerprint density at radius 1 is 0.558 bits per heavy atom. The zero-order valence-electron chi connectivity index (χ0n) is 49.7. The molecule has 0 spiro atoms. The third kappa shape index (κ3) is 7.70. The van der Waals surface area contributed by atoms with Gasteiger partial charge in [0.05, 0.1) is 23.0 Å². The number of allylic oxidation sites excluding steroid dienone is 6. The normalized spacial score (nSPS) is 24.2. The number of rotatable bonds is 4. The summed E-state index contributed by atoms with van der Waals surface area (Å²) in [5.74, 6) is 0.0512. The van der Waals surface area contributed by atoms with Crippen molar-refractivity contribution < 1.29 is 4.74 Å². The van der Waals surface area contributed by atoms with Crippen molar-refractivity contribution in [3.63, 3.8) is 0 Å². The molecule has 3 heterocycles. The fraction of sp³-hybridized carbons (Fsp3) is 0.452. The van der Waals surface area contributed by atoms with Crippen LogP contribution in [0, 0.1) is 23.7 Å². The van der Waals surface area contributed by atoms with E-state index in [1.807, 2.05) is 0 Å². The summed E-state index contributed by atoms with van der Waals surface area (Å²) >= 11 is 0. The number of fused-ring (bicyclic) bond motifs is 8. The summed E-state index contributed by atoms with van der Waals surface area (Å²) in [6, 6.07) is 34.5. The van der Waals surface area contributed by atoms with Gasteiger partial charge < -0.3 is 14.5 Å². The van der Waals surface area contributed by atoms with Crippen molar-refractivity contribution in [3.8, 4) is 11.1 Å². The van der Waals surface area contributed by atoms with Crippen molar-refractivity contribution in [3.05, 3.63) is 177 Å². The predicted molar refractivity (Wildman–Crippen MR) is 329 cm³/mol. The average Bonchev–Trinajstić information content (AvgIpc) is 3.78. The molecule has 5 aliphatic carbocycles. The molecule has 0 saturated heterocycles. The Balaban J connectivity index is 1.18. The van der Waals surface area contributed by atoms with Crippen molar-refractivity contribution in [1.82, 2.24) is 0 Å². The summed E-state index contributed by atoms with van der Waals surface area (Å²) in [6.45, 7) is 39.2. The number of hydrogen-bond donors (Lipinski definition) is 0. The summed E-state index contributed by atoms with van der Waals surface area (Å²) in [4.78, 5) is 5.51. The topological polar surface area (TPSA) is 15.7 Å². The summed E-state index contributed by atoms with van der Waals surface area (Å²) in [7, 11) is 0. The van der Waals surface area contributed by atoms with Crippen LogP contribution in [0.3, 0.4) is 0 Å². The number of aryl methyl sites for hydroxylation is 1. The second-order valence-corrected chi connectivity index (χ2v) is 30.0. The first-order chi connectivity index (χ1) is 36.2. The van der Waals surface area contributed by atoms with Gasteiger partial charge in [-0.25, -0.2) is 0 Å². The van der Waals surface area contributed by atoms with Crippen LogP contribution in [0.4, 0.5) is 28.4 Å². The number of nitrogens with zero attached hydrogens (tertiary/aromatic N) is 2. The van der Waals surface area contributed by atoms with Gasteiger partial charge in [0, 0.05) is 33.9 Å². The lowest BCUT2D eigenvalue weighted by atomic mass is 9.35. The van der Waals surface area contributed by atoms with Crippen LogP contribution < -0.4 is 20.7 Å². The van der Waals surface area contributed by atoms with Crippen LogP contribution >= 0.6 is 0 Å². The Morgan fingerprint density at radius 2 is 1.13 bits per heavy atom. The van der Waals surface area contributed by atoms with Gasteiger partial charge in [0.15, 0.2) is 0 Å². The molecule has 0 aromatic heterocycles. The molecular formula is C73H85BN2O. The van der Waals surface area contributed by atoms with Crippen molar-refractivity contribution in [1.29, 1.82) is 0 Å². The van der Waals surface area contributed by atoms with E-state index in [9.17, 15) is 0 Å². The molecule has 3 aliphatic heterocycles. The van der Waals surface area contributed by atoms with Crippen molar-refractivity contribution >= 4 is 51.6 Å². The van der Waals surface area contributed by atoms with Gasteiger partial charge >= 0.3 is 0 Å². The first-order valence-corrected chi connectivity index (χ1v) is 29.7. The number of hydrogen-bond acceptors (Lipinski definition) is 3. The molecule has 0 bridgehead atoms. The minimum Gasteiger partial charge on any atom is -0.497 e. The molecule has 2 atom stereocenters. The Kier molecular flexibility index (Phi) is 11.0. The zero-order valence-corrected chi connectivity index (χ0v) is 49.7. The van der Waals surface area contributed by atoms with E-state index < -0.39 is 0 Å². The minimum atomic E-state index is -0.117. The molecule has 4 heteroatoms. The second kappa shape index (κ2) is 16.7. The highest BCUT2D eigenvalue weighted by Gasteiger charge is 2.56. The van der Waals surface area contributed by atoms with E-state index in [1.54, 1.807) is 0 Å². The highest BCUT2D eigenvalue weighted by molar-refractivity contribution is 6.95. The zero-order chi connectivity index (χ0) is 54.3. The summed E-state index contributed by atoms with van der Waals surface area (Å²) in [5.41, 5.74) is 28.4. The van der Waals surface area contributed by atoms with Crippen LogP contribution in [0.5, 0.6) is 0 Å². The van der Waals surface area contributed by atoms with Crippen LogP contribution in [0.2, 0.25) is 0 Å². The van der Waals surface area contributed by atoms with Crippen LogP contribution in [0.1, 0.15) is 194 Å². The highest BCUT2D eigenvalue weighted by atomic mass is 16.5. The number of ether oxygens (including phenoxy) is 1. The van der Waals surface area contributed by atoms with Gasteiger partial charge in [0.25, 0.3) is 6.71 Å². The lowest BCUT2D eigenvalue weighted by Gasteiger charge is -2.48. The predicted octanol–water partition coefficient (Wildman–Crippen LogP) is 18.4. The van der Waals surface area contributed by atoms with Crippen LogP contribution in [0.15, 0.2) is 138 Å². The smallest absolute Gasteiger partial charge is 0.296 e. The van der Waals surface area contributed by atoms with Gasteiger partial charge in [0.2, 0.25) is 0 Å². The quantitative estimate of drug-likeness (QED) is 0.167. The highest BCUT2D eigenvalue weighted by Crippen LogP contribution is 2.60. The van der Waals surface area contributed by atoms with Gasteiger partial charge in [-0.3, -0.25) is 0 Å². The van der Waals surface area contributed by atoms with E-state index in [0.29, 0.717) is 0 Å². The first-order valence-electron chi connectivity index (χ1n) is 29.7. The Hall–Kier alpha value is -5.74. The number of anilines is 5. The molecule has 3 nitrogen and oxygen atoms in total. The molecule has 1 fully saturated rings. The molecule has 1 unspecified atom stereocenters. The molecule has 1 saturated carbocycles. The maximum atomic E-state index is 7.98. The lowest BCUT2D eigenvalue weighted by molar-refractivity contribution is 0.168. The van der Waals surface area contributed by atoms with Gasteiger partial charge in [-0.2, -0.15) is 0 Å². The minimum absolute atomic E-state index is 0.00135. The maximum absolute atomic E-state index is 7.98. The molecule has 13 rings (SSSR count). The third-order valence-corrected chi connectivity index (χ3v) is 20.8. The van der Waals surface area contributed by atoms with Crippen molar-refractivity contribution in [2.24, 2.45) is 16.7 Å². The largest absolute Gasteiger partial charge is 0.497 e. The molecule has 77 heavy (non-hydrogen) atoms. The fourth-order valence-corrected chi connectivity index (χ4v) is 15.6. The first kappa shape index (κ1) is 50.7. The van der Waals surface area contributed by atoms with Crippen LogP contribution in [-0.2, 0) is 31.8 Å². The molecule has 5 aromatic carbocycles. The molecule has 0 N–H and O–H groups in total. The SMILES string of the molecule is Cc1cc2c3c(c1)N(c1c(C4=CCCC=C4)cc(C(C)(C)C)cc1-c1ccccc1)c1cc4c(cc1B3C1=C([C@@H]3C=C5C(=CC3O1)C(C)(C)CCC5(C)C)N2c1ccc2c(c1)C(C)(C)CCC2(C)C)C(C)(C)CCC4(C)C. The Labute approximate surface area is 463 Å². The van der Waals surface area contributed by atoms with E-state index in [1.165, 1.54) is 138 Å². The van der Waals surface area contributed by atoms with Crippen molar-refractivity contribution in [2.75, 3.05) is 9.80 Å². The fourth-order valence-electron chi connectivity index (χ4n) is 15.6. The van der Waals surface area contributed by atoms with Gasteiger partial charge in [-0.05, 0) is 211 Å². The standard InChI is InChI=1S/C73H85BN2O/c1-44-35-60-63-61(36-44)76(64-49(45-23-19-17-20-24-45)37-47(67(2,3)4)38-50(64)46-25-21-18-22-26-46)59-42-56-55(71(11,12)32-33-72(56,13)14)41-58(59)74(63)66-65(51-40-54-57(43-62(51)77-66)73(15,16)34-31-70(54,9)10)75(60)48-27-28-52-53(39-48)69(7,8)30-29-68(52,5)6/h17,19-21,23-28,35-43,51,62H,18,22,29-34H2,1-16H3/t51-,62?/m1/s1. The van der Waals surface area contributed by atoms with Gasteiger partial charge in [0.1, 0.15) is 6.10 Å². The Bertz CT molecular complexity index is 3520. The lowest BCUT2D eigenvalue weighted by Crippen LogP contribution is -2.57. The molecule has 5 aromatic rings. The monoisotopic (exact) mass is 1020 g/mol. The van der Waals surface area contributed by atoms with E-state index in [2.05, 4.69) is 236 Å². The van der Waals surface area contributed by atoms with Crippen LogP contribution in [0.25, 0.3) is 16.7 Å². The van der Waals surface area contributed by atoms with Crippen LogP contribution in [-0.4, -0.2) is 12.8 Å². The summed E-state index contributed by atoms with van der Waals surface area (Å²) in [5, 5.41) is 0. The van der Waals surface area contributed by atoms with E-state index in [-0.39, 0.29) is 56.6 Å². The van der Waals surface area contributed by atoms with E-state index in [4.69, 9.17) is 4.74 Å². The van der Waals surface area contributed by atoms with E-state index >= 15 is 0 Å². The van der Waals surface area contributed by atoms with Gasteiger partial charge in [-0.15, -0.1) is 0 Å². The number of benzene rings is 5. The third-order valence-electron chi connectivity index (χ3n) is 20.8. The Morgan fingerprint density at radius 3 is 1.75 bits per heavy atom. The summed E-state index contributed by atoms with van der Waals surface area (Å²) < 4.78 is 7.98. The molecule has 8 aliphatic rings. The van der Waals surface area contributed by atoms with E-state index in [0.717, 1.165) is 31.3 Å². The molecule has 396 valence electrons. The summed E-state index contributed by atoms with van der Waals surface area (Å²) in [6.07, 6.45) is 21.6. The second-order valence-electron chi connectivity index (χ2n) is 30.0.